The summed E-state index contributed by atoms with van der Waals surface area (Å²) in [5.74, 6) is 0.706. The fourth-order valence-corrected chi connectivity index (χ4v) is 13.7. The summed E-state index contributed by atoms with van der Waals surface area (Å²) < 4.78 is 6.18. The molecule has 6 aliphatic carbocycles. The summed E-state index contributed by atoms with van der Waals surface area (Å²) in [6.45, 7) is 24.1. The summed E-state index contributed by atoms with van der Waals surface area (Å²) in [5.41, 5.74) is 0.400. The van der Waals surface area contributed by atoms with Gasteiger partial charge in [0.15, 0.2) is 5.78 Å². The van der Waals surface area contributed by atoms with Gasteiger partial charge in [0.05, 0.1) is 17.9 Å². The highest BCUT2D eigenvalue weighted by Gasteiger charge is 2.71. The highest BCUT2D eigenvalue weighted by molar-refractivity contribution is 6.00. The van der Waals surface area contributed by atoms with E-state index in [-0.39, 0.29) is 57.7 Å². The molecule has 0 aromatic carbocycles. The zero-order valence-corrected chi connectivity index (χ0v) is 36.2. The lowest BCUT2D eigenvalue weighted by molar-refractivity contribution is -0.235. The molecule has 5 saturated carbocycles. The highest BCUT2D eigenvalue weighted by Crippen LogP contribution is 2.77. The Bertz CT molecular complexity index is 1580. The van der Waals surface area contributed by atoms with Crippen LogP contribution in [-0.2, 0) is 23.9 Å². The molecule has 2 unspecified atom stereocenters. The summed E-state index contributed by atoms with van der Waals surface area (Å²) in [7, 11) is 1.85. The number of allylic oxidation sites excluding steroid dienone is 1. The highest BCUT2D eigenvalue weighted by atomic mass is 16.5. The lowest BCUT2D eigenvalue weighted by Crippen LogP contribution is -2.66. The van der Waals surface area contributed by atoms with Crippen molar-refractivity contribution in [3.63, 3.8) is 0 Å². The third-order valence-electron chi connectivity index (χ3n) is 17.4. The molecule has 2 N–H and O–H groups in total. The predicted octanol–water partition coefficient (Wildman–Crippen LogP) is 7.93. The second-order valence-electron chi connectivity index (χ2n) is 21.7. The number of ketones is 1. The second kappa shape index (κ2) is 14.5. The maximum Gasteiger partial charge on any atom is 0.309 e. The van der Waals surface area contributed by atoms with Crippen LogP contribution in [-0.4, -0.2) is 89.1 Å². The average molecular weight is 767 g/mol. The Hall–Kier alpha value is -2.26. The van der Waals surface area contributed by atoms with Gasteiger partial charge in [-0.25, -0.2) is 0 Å². The number of rotatable bonds is 13. The molecule has 0 spiro atoms. The largest absolute Gasteiger partial charge is 0.481 e. The number of amides is 1. The van der Waals surface area contributed by atoms with E-state index in [0.29, 0.717) is 37.3 Å². The summed E-state index contributed by atoms with van der Waals surface area (Å²) in [6, 6.07) is 0. The summed E-state index contributed by atoms with van der Waals surface area (Å²) in [6.07, 6.45) is 9.59. The monoisotopic (exact) mass is 767 g/mol. The number of carbonyl (C=O) groups is 4. The van der Waals surface area contributed by atoms with E-state index < -0.39 is 28.9 Å². The molecule has 0 bridgehead atoms. The van der Waals surface area contributed by atoms with Crippen molar-refractivity contribution in [3.8, 4) is 0 Å². The zero-order valence-electron chi connectivity index (χ0n) is 36.2. The Kier molecular flexibility index (Phi) is 11.2. The van der Waals surface area contributed by atoms with Gasteiger partial charge >= 0.3 is 11.9 Å². The van der Waals surface area contributed by atoms with Gasteiger partial charge in [0.25, 0.3) is 0 Å². The van der Waals surface area contributed by atoms with Crippen LogP contribution in [0.2, 0.25) is 0 Å². The Morgan fingerprint density at radius 3 is 2.16 bits per heavy atom. The fourth-order valence-electron chi connectivity index (χ4n) is 13.7. The van der Waals surface area contributed by atoms with Crippen LogP contribution in [0.4, 0.5) is 0 Å². The van der Waals surface area contributed by atoms with Crippen LogP contribution in [0.25, 0.3) is 0 Å². The molecule has 0 aromatic heterocycles. The van der Waals surface area contributed by atoms with Crippen molar-refractivity contribution in [1.82, 2.24) is 9.80 Å². The molecule has 6 aliphatic rings. The predicted molar refractivity (Wildman–Crippen MR) is 214 cm³/mol. The summed E-state index contributed by atoms with van der Waals surface area (Å²) >= 11 is 0. The molecule has 0 heterocycles. The molecule has 9 heteroatoms. The van der Waals surface area contributed by atoms with Crippen LogP contribution in [0.1, 0.15) is 146 Å². The van der Waals surface area contributed by atoms with Gasteiger partial charge in [-0.2, -0.15) is 0 Å². The van der Waals surface area contributed by atoms with Gasteiger partial charge in [-0.3, -0.25) is 24.1 Å². The summed E-state index contributed by atoms with van der Waals surface area (Å²) in [4.78, 5) is 55.3. The molecule has 0 aliphatic heterocycles. The van der Waals surface area contributed by atoms with Crippen molar-refractivity contribution in [2.24, 2.45) is 62.1 Å². The van der Waals surface area contributed by atoms with Crippen LogP contribution in [0.5, 0.6) is 0 Å². The van der Waals surface area contributed by atoms with Crippen LogP contribution in [0.15, 0.2) is 11.1 Å². The number of carbonyl (C=O) groups excluding carboxylic acids is 3. The van der Waals surface area contributed by atoms with Crippen molar-refractivity contribution in [2.45, 2.75) is 158 Å². The molecular weight excluding hydrogens is 693 g/mol. The molecule has 9 atom stereocenters. The van der Waals surface area contributed by atoms with Crippen molar-refractivity contribution in [1.29, 1.82) is 0 Å². The molecule has 0 saturated heterocycles. The number of aliphatic carboxylic acids is 1. The molecule has 1 amide bonds. The van der Waals surface area contributed by atoms with Gasteiger partial charge in [0.2, 0.25) is 5.91 Å². The first-order chi connectivity index (χ1) is 25.4. The third kappa shape index (κ3) is 7.05. The van der Waals surface area contributed by atoms with Gasteiger partial charge in [-0.1, -0.05) is 54.0 Å². The van der Waals surface area contributed by atoms with E-state index in [2.05, 4.69) is 53.4 Å². The number of hydrogen-bond donors (Lipinski definition) is 2. The quantitative estimate of drug-likeness (QED) is 0.181. The third-order valence-corrected chi connectivity index (χ3v) is 17.4. The number of likely N-dealkylation sites (N-methyl/N-ethyl adjacent to an activating group) is 1. The number of carboxylic acids is 1. The van der Waals surface area contributed by atoms with E-state index in [0.717, 1.165) is 70.0 Å². The second-order valence-corrected chi connectivity index (χ2v) is 21.7. The minimum atomic E-state index is -1.17. The zero-order chi connectivity index (χ0) is 40.7. The lowest BCUT2D eigenvalue weighted by atomic mass is 9.33. The van der Waals surface area contributed by atoms with Gasteiger partial charge in [0.1, 0.15) is 6.10 Å². The van der Waals surface area contributed by atoms with E-state index in [1.807, 2.05) is 7.05 Å². The smallest absolute Gasteiger partial charge is 0.309 e. The maximum absolute atomic E-state index is 14.2. The number of aliphatic hydroxyl groups excluding tert-OH is 1. The number of aliphatic hydroxyl groups is 1. The Morgan fingerprint density at radius 1 is 0.891 bits per heavy atom. The van der Waals surface area contributed by atoms with Crippen molar-refractivity contribution in [3.05, 3.63) is 11.1 Å². The number of ether oxygens (including phenoxy) is 1. The number of nitrogens with zero attached hydrogens (tertiary/aromatic N) is 2. The minimum Gasteiger partial charge on any atom is -0.481 e. The molecule has 6 rings (SSSR count). The Labute approximate surface area is 331 Å². The number of fused-ring (bicyclic) bond motifs is 7. The molecule has 0 radical (unpaired) electrons. The van der Waals surface area contributed by atoms with E-state index in [1.54, 1.807) is 25.7 Å². The lowest BCUT2D eigenvalue weighted by Gasteiger charge is -2.72. The Morgan fingerprint density at radius 2 is 1.56 bits per heavy atom. The van der Waals surface area contributed by atoms with Crippen LogP contribution < -0.4 is 0 Å². The minimum absolute atomic E-state index is 0.0268. The molecule has 5 fully saturated rings. The van der Waals surface area contributed by atoms with Gasteiger partial charge in [0, 0.05) is 57.4 Å². The molecule has 55 heavy (non-hydrogen) atoms. The topological polar surface area (TPSA) is 124 Å². The van der Waals surface area contributed by atoms with Crippen LogP contribution >= 0.6 is 0 Å². The number of esters is 1. The van der Waals surface area contributed by atoms with Gasteiger partial charge in [-0.05, 0) is 129 Å². The van der Waals surface area contributed by atoms with E-state index in [1.165, 1.54) is 18.4 Å². The standard InChI is InChI=1S/C46H74N2O7/c1-28(2)38-32(50)24-46(35(51)27-48(26-30-12-13-30)23-22-47(11)29(3)49)21-20-44(9)31(39(38)46)14-15-34-43(8)18-17-36(55-37(52)25-41(4,5)40(53)54)42(6,7)33(43)16-19-45(34,44)10/h28,30-31,33-36,51H,12-27H2,1-11H3,(H,53,54)/t31-,33+,34?,35?,36+,43+,44-,45-,46+/m1/s1. The van der Waals surface area contributed by atoms with E-state index in [4.69, 9.17) is 4.74 Å². The fraction of sp³-hybridized carbons (Fsp3) is 0.870. The Balaban J connectivity index is 1.27. The van der Waals surface area contributed by atoms with Crippen molar-refractivity contribution < 1.29 is 34.1 Å². The first-order valence-electron chi connectivity index (χ1n) is 21.8. The normalized spacial score (nSPS) is 37.5. The van der Waals surface area contributed by atoms with Crippen molar-refractivity contribution >= 4 is 23.6 Å². The number of Topliss-reactive ketones (excluding diaryl/α,β-unsaturated/α-hetero) is 1. The van der Waals surface area contributed by atoms with Crippen LogP contribution in [0, 0.1) is 62.1 Å². The maximum atomic E-state index is 14.2. The van der Waals surface area contributed by atoms with E-state index >= 15 is 0 Å². The average Bonchev–Trinajstić information content (AvgIpc) is 3.83. The van der Waals surface area contributed by atoms with E-state index in [9.17, 15) is 29.4 Å². The first kappa shape index (κ1) is 42.3. The summed E-state index contributed by atoms with van der Waals surface area (Å²) in [5, 5.41) is 22.2. The molecule has 310 valence electrons. The van der Waals surface area contributed by atoms with Gasteiger partial charge < -0.3 is 19.8 Å². The van der Waals surface area contributed by atoms with Crippen molar-refractivity contribution in [2.75, 3.05) is 33.2 Å². The SMILES string of the molecule is CC(=O)N(C)CCN(CC1CC1)CC(O)[C@@]12CC[C@]3(C)[C@H](CCC4[C@@]5(C)CC[C@H](OC(=O)CC(C)(C)C(=O)O)C(C)(C)[C@@H]5CC[C@]43C)C1=C(C(C)C)C(=O)C2. The van der Waals surface area contributed by atoms with Gasteiger partial charge in [-0.15, -0.1) is 0 Å². The number of carboxylic acid groups (broad SMARTS) is 1. The molecule has 0 aromatic rings. The van der Waals surface area contributed by atoms with Crippen LogP contribution in [0.3, 0.4) is 0 Å². The first-order valence-corrected chi connectivity index (χ1v) is 21.8. The molecular formula is C46H74N2O7. The molecule has 9 nitrogen and oxygen atoms in total. The number of hydrogen-bond acceptors (Lipinski definition) is 7.